The summed E-state index contributed by atoms with van der Waals surface area (Å²) in [5.41, 5.74) is 2.66. The van der Waals surface area contributed by atoms with E-state index >= 15 is 0 Å². The van der Waals surface area contributed by atoms with Gasteiger partial charge in [-0.25, -0.2) is 4.39 Å². The lowest BCUT2D eigenvalue weighted by atomic mass is 10.0. The second-order valence-electron chi connectivity index (χ2n) is 8.39. The van der Waals surface area contributed by atoms with Crippen LogP contribution in [-0.2, 0) is 28.3 Å². The molecule has 0 bridgehead atoms. The molecule has 0 aliphatic heterocycles. The molecule has 0 aliphatic rings. The Morgan fingerprint density at radius 3 is 2.31 bits per heavy atom. The van der Waals surface area contributed by atoms with Crippen LogP contribution in [0.3, 0.4) is 0 Å². The molecule has 36 heavy (non-hydrogen) atoms. The highest BCUT2D eigenvalue weighted by Crippen LogP contribution is 2.25. The average Bonchev–Trinajstić information content (AvgIpc) is 2.88. The number of hydrogen-bond donors (Lipinski definition) is 1. The average molecular weight is 548 g/mol. The minimum Gasteiger partial charge on any atom is -0.354 e. The molecule has 0 heterocycles. The van der Waals surface area contributed by atoms with Gasteiger partial charge in [0.25, 0.3) is 0 Å². The lowest BCUT2D eigenvalue weighted by molar-refractivity contribution is -0.139. The molecule has 3 aromatic rings. The molecule has 3 rings (SSSR count). The van der Waals surface area contributed by atoms with Crippen molar-refractivity contribution < 1.29 is 14.0 Å². The van der Waals surface area contributed by atoms with Gasteiger partial charge in [-0.1, -0.05) is 78.7 Å². The van der Waals surface area contributed by atoms with Gasteiger partial charge in [0, 0.05) is 25.3 Å². The number of benzene rings is 3. The minimum atomic E-state index is -0.702. The van der Waals surface area contributed by atoms with E-state index in [4.69, 9.17) is 23.2 Å². The van der Waals surface area contributed by atoms with Crippen LogP contribution in [0.5, 0.6) is 0 Å². The molecule has 1 N–H and O–H groups in total. The monoisotopic (exact) mass is 546 g/mol. The fraction of sp³-hybridized carbons (Fsp3) is 0.286. The number of carbonyl (C=O) groups excluding carboxylic acids is 2. The van der Waals surface area contributed by atoms with Gasteiger partial charge in [0.15, 0.2) is 0 Å². The molecule has 1 atom stereocenters. The van der Waals surface area contributed by atoms with Gasteiger partial charge >= 0.3 is 0 Å². The Labute approximate surface area is 226 Å². The molecule has 2 amide bonds. The van der Waals surface area contributed by atoms with Gasteiger partial charge < -0.3 is 10.2 Å². The Hall–Kier alpha value is -2.54. The maximum Gasteiger partial charge on any atom is 0.243 e. The van der Waals surface area contributed by atoms with Crippen LogP contribution in [0.25, 0.3) is 0 Å². The van der Waals surface area contributed by atoms with Gasteiger partial charge in [-0.3, -0.25) is 9.59 Å². The molecule has 0 aliphatic carbocycles. The lowest BCUT2D eigenvalue weighted by Crippen LogP contribution is -2.51. The largest absolute Gasteiger partial charge is 0.354 e. The fourth-order valence-electron chi connectivity index (χ4n) is 3.67. The van der Waals surface area contributed by atoms with Crippen molar-refractivity contribution in [1.29, 1.82) is 0 Å². The van der Waals surface area contributed by atoms with Crippen LogP contribution in [0, 0.1) is 5.82 Å². The molecular weight excluding hydrogens is 518 g/mol. The molecular formula is C28H29Cl2FN2O2S. The second-order valence-corrected chi connectivity index (χ2v) is 10.2. The third-order valence-corrected chi connectivity index (χ3v) is 7.29. The topological polar surface area (TPSA) is 49.4 Å². The van der Waals surface area contributed by atoms with Crippen LogP contribution in [0.15, 0.2) is 72.8 Å². The van der Waals surface area contributed by atoms with Crippen molar-refractivity contribution in [1.82, 2.24) is 10.2 Å². The highest BCUT2D eigenvalue weighted by molar-refractivity contribution is 7.99. The molecule has 0 saturated heterocycles. The van der Waals surface area contributed by atoms with E-state index in [1.165, 1.54) is 23.9 Å². The van der Waals surface area contributed by atoms with Crippen LogP contribution in [0.4, 0.5) is 4.39 Å². The van der Waals surface area contributed by atoms with E-state index in [9.17, 15) is 14.0 Å². The van der Waals surface area contributed by atoms with E-state index in [2.05, 4.69) is 5.32 Å². The van der Waals surface area contributed by atoms with Crippen LogP contribution in [0.1, 0.15) is 30.0 Å². The first-order chi connectivity index (χ1) is 17.4. The number of hydrogen-bond acceptors (Lipinski definition) is 3. The number of rotatable bonds is 12. The maximum absolute atomic E-state index is 13.6. The van der Waals surface area contributed by atoms with Gasteiger partial charge in [-0.15, -0.1) is 11.8 Å². The van der Waals surface area contributed by atoms with Crippen molar-refractivity contribution >= 4 is 46.8 Å². The van der Waals surface area contributed by atoms with Crippen molar-refractivity contribution in [3.8, 4) is 0 Å². The predicted octanol–water partition coefficient (Wildman–Crippen LogP) is 6.53. The summed E-state index contributed by atoms with van der Waals surface area (Å²) >= 11 is 13.8. The molecule has 0 unspecified atom stereocenters. The zero-order valence-electron chi connectivity index (χ0n) is 20.1. The standard InChI is InChI=1S/C28H29Cl2FN2O2S/c1-2-14-32-28(35)26(16-20-6-4-3-5-7-20)33(17-22-10-13-24(29)25(30)15-22)27(34)19-36-18-21-8-11-23(31)12-9-21/h3-13,15,26H,2,14,16-19H2,1H3,(H,32,35)/t26-/m0/s1. The van der Waals surface area contributed by atoms with Crippen molar-refractivity contribution in [2.75, 3.05) is 12.3 Å². The van der Waals surface area contributed by atoms with Crippen molar-refractivity contribution in [2.24, 2.45) is 0 Å². The summed E-state index contributed by atoms with van der Waals surface area (Å²) in [5, 5.41) is 3.78. The molecule has 8 heteroatoms. The third-order valence-electron chi connectivity index (χ3n) is 5.56. The van der Waals surface area contributed by atoms with Crippen LogP contribution < -0.4 is 5.32 Å². The molecule has 190 valence electrons. The molecule has 3 aromatic carbocycles. The van der Waals surface area contributed by atoms with Gasteiger partial charge in [-0.05, 0) is 47.4 Å². The molecule has 0 spiro atoms. The van der Waals surface area contributed by atoms with Gasteiger partial charge in [0.1, 0.15) is 11.9 Å². The fourth-order valence-corrected chi connectivity index (χ4v) is 4.87. The van der Waals surface area contributed by atoms with Crippen LogP contribution in [0.2, 0.25) is 10.0 Å². The smallest absolute Gasteiger partial charge is 0.243 e. The minimum absolute atomic E-state index is 0.166. The third kappa shape index (κ3) is 8.54. The Morgan fingerprint density at radius 1 is 0.944 bits per heavy atom. The summed E-state index contributed by atoms with van der Waals surface area (Å²) in [6, 6.07) is 20.4. The Bertz CT molecular complexity index is 1150. The Kier molecular flexibility index (Phi) is 11.1. The van der Waals surface area contributed by atoms with E-state index in [0.29, 0.717) is 28.8 Å². The highest BCUT2D eigenvalue weighted by Gasteiger charge is 2.30. The lowest BCUT2D eigenvalue weighted by Gasteiger charge is -2.31. The second kappa shape index (κ2) is 14.3. The number of amides is 2. The van der Waals surface area contributed by atoms with Crippen molar-refractivity contribution in [3.63, 3.8) is 0 Å². The van der Waals surface area contributed by atoms with E-state index < -0.39 is 6.04 Å². The summed E-state index contributed by atoms with van der Waals surface area (Å²) in [6.07, 6.45) is 1.17. The molecule has 0 radical (unpaired) electrons. The van der Waals surface area contributed by atoms with Crippen molar-refractivity contribution in [3.05, 3.63) is 105 Å². The number of nitrogens with zero attached hydrogens (tertiary/aromatic N) is 1. The Balaban J connectivity index is 1.84. The summed E-state index contributed by atoms with van der Waals surface area (Å²) < 4.78 is 13.2. The predicted molar refractivity (Wildman–Crippen MR) is 147 cm³/mol. The number of carbonyl (C=O) groups is 2. The van der Waals surface area contributed by atoms with E-state index in [-0.39, 0.29) is 29.9 Å². The first-order valence-corrected chi connectivity index (χ1v) is 13.7. The summed E-state index contributed by atoms with van der Waals surface area (Å²) in [6.45, 7) is 2.72. The zero-order chi connectivity index (χ0) is 25.9. The van der Waals surface area contributed by atoms with Gasteiger partial charge in [-0.2, -0.15) is 0 Å². The normalized spacial score (nSPS) is 11.7. The summed E-state index contributed by atoms with van der Waals surface area (Å²) in [5.74, 6) is 0.0659. The highest BCUT2D eigenvalue weighted by atomic mass is 35.5. The maximum atomic E-state index is 13.6. The zero-order valence-corrected chi connectivity index (χ0v) is 22.4. The quantitative estimate of drug-likeness (QED) is 0.281. The van der Waals surface area contributed by atoms with Gasteiger partial charge in [0.05, 0.1) is 15.8 Å². The van der Waals surface area contributed by atoms with Crippen LogP contribution in [-0.4, -0.2) is 35.1 Å². The Morgan fingerprint density at radius 2 is 1.64 bits per heavy atom. The summed E-state index contributed by atoms with van der Waals surface area (Å²) in [7, 11) is 0. The molecule has 0 aromatic heterocycles. The molecule has 0 saturated carbocycles. The van der Waals surface area contributed by atoms with E-state index in [1.54, 1.807) is 29.2 Å². The number of nitrogens with one attached hydrogen (secondary N) is 1. The van der Waals surface area contributed by atoms with E-state index in [0.717, 1.165) is 23.1 Å². The van der Waals surface area contributed by atoms with E-state index in [1.807, 2.05) is 43.3 Å². The first-order valence-electron chi connectivity index (χ1n) is 11.7. The van der Waals surface area contributed by atoms with Crippen molar-refractivity contribution in [2.45, 2.75) is 38.1 Å². The first kappa shape index (κ1) is 28.0. The number of thioether (sulfide) groups is 1. The van der Waals surface area contributed by atoms with Crippen LogP contribution >= 0.6 is 35.0 Å². The number of halogens is 3. The SMILES string of the molecule is CCCNC(=O)[C@H](Cc1ccccc1)N(Cc1ccc(Cl)c(Cl)c1)C(=O)CSCc1ccc(F)cc1. The molecule has 0 fully saturated rings. The van der Waals surface area contributed by atoms with Gasteiger partial charge in [0.2, 0.25) is 11.8 Å². The molecule has 4 nitrogen and oxygen atoms in total. The summed E-state index contributed by atoms with van der Waals surface area (Å²) in [4.78, 5) is 28.5.